The highest BCUT2D eigenvalue weighted by Crippen LogP contribution is 2.30. The Bertz CT molecular complexity index is 3260. The summed E-state index contributed by atoms with van der Waals surface area (Å²) in [5.74, 6) is 0.645. The number of aromatic amines is 1. The van der Waals surface area contributed by atoms with Crippen molar-refractivity contribution in [2.24, 2.45) is 5.92 Å². The number of piperazine rings is 1. The van der Waals surface area contributed by atoms with Crippen LogP contribution < -0.4 is 24.7 Å². The Morgan fingerprint density at radius 2 is 1.15 bits per heavy atom. The zero-order valence-corrected chi connectivity index (χ0v) is 43.6. The van der Waals surface area contributed by atoms with Crippen LogP contribution in [0.4, 0.5) is 45.3 Å². The molecule has 2 aliphatic rings. The van der Waals surface area contributed by atoms with Crippen LogP contribution in [0.5, 0.6) is 11.5 Å². The quantitative estimate of drug-likeness (QED) is 0.0908. The monoisotopic (exact) mass is 1150 g/mol. The number of pyridine rings is 2. The third-order valence-electron chi connectivity index (χ3n) is 11.6. The van der Waals surface area contributed by atoms with E-state index < -0.39 is 24.9 Å². The Morgan fingerprint density at radius 1 is 0.700 bits per heavy atom. The van der Waals surface area contributed by atoms with Gasteiger partial charge >= 0.3 is 24.9 Å². The number of piperidine rings is 1. The number of hydrogen-bond acceptors (Lipinski definition) is 17. The van der Waals surface area contributed by atoms with Gasteiger partial charge in [0.05, 0.1) is 32.4 Å². The van der Waals surface area contributed by atoms with Gasteiger partial charge in [0.1, 0.15) is 28.3 Å². The number of H-pyrrole nitrogens is 1. The number of anilines is 1. The van der Waals surface area contributed by atoms with Gasteiger partial charge in [0.2, 0.25) is 23.4 Å². The average Bonchev–Trinajstić information content (AvgIpc) is 4.30. The minimum Gasteiger partial charge on any atom is -0.475 e. The van der Waals surface area contributed by atoms with Gasteiger partial charge in [0.15, 0.2) is 0 Å². The van der Waals surface area contributed by atoms with Crippen molar-refractivity contribution < 1.29 is 72.7 Å². The molecule has 8 heterocycles. The molecule has 0 amide bonds. The van der Waals surface area contributed by atoms with Crippen molar-refractivity contribution in [3.63, 3.8) is 0 Å². The summed E-state index contributed by atoms with van der Waals surface area (Å²) < 4.78 is 128. The number of rotatable bonds is 11. The van der Waals surface area contributed by atoms with Crippen LogP contribution in [0.1, 0.15) is 42.5 Å². The zero-order valence-electron chi connectivity index (χ0n) is 42.8. The lowest BCUT2D eigenvalue weighted by atomic mass is 9.99. The molecule has 2 fully saturated rings. The number of likely N-dealkylation sites (N-methyl/N-ethyl adjacent to an activating group) is 1. The minimum atomic E-state index is -5.08. The van der Waals surface area contributed by atoms with E-state index in [2.05, 4.69) is 95.2 Å². The molecule has 6 aromatic heterocycles. The summed E-state index contributed by atoms with van der Waals surface area (Å²) in [5, 5.41) is 35.5. The van der Waals surface area contributed by atoms with Gasteiger partial charge in [-0.05, 0) is 118 Å². The minimum absolute atomic E-state index is 0.0789. The van der Waals surface area contributed by atoms with Crippen molar-refractivity contribution in [2.45, 2.75) is 65.6 Å². The first-order valence-electron chi connectivity index (χ1n) is 24.1. The van der Waals surface area contributed by atoms with E-state index in [9.17, 15) is 39.5 Å². The molecule has 2 saturated heterocycles. The molecular weight excluding hydrogens is 1100 g/mol. The second-order valence-corrected chi connectivity index (χ2v) is 18.2. The predicted molar refractivity (Wildman–Crippen MR) is 265 cm³/mol. The molecule has 10 rings (SSSR count). The number of aliphatic carboxylic acids is 1. The number of halogens is 10. The van der Waals surface area contributed by atoms with Gasteiger partial charge in [0.25, 0.3) is 17.6 Å². The average molecular weight is 1150 g/mol. The molecule has 0 atom stereocenters. The maximum atomic E-state index is 12.4. The summed E-state index contributed by atoms with van der Waals surface area (Å²) in [6.45, 7) is 13.7. The molecule has 0 bridgehead atoms. The Labute approximate surface area is 453 Å². The summed E-state index contributed by atoms with van der Waals surface area (Å²) in [6.07, 6.45) is -8.70. The first-order valence-corrected chi connectivity index (χ1v) is 24.5. The number of carbonyl (C=O) groups is 1. The standard InChI is InChI=1S/C24H24F3N7O2.C18H12ClF3N6O2.C5H12N2.C2HF3O2/c1-15-8-11-33(12-9-15)20-13-17(7-10-28-20)14-34-16(2)29-21(32-34)23-31-30-22(35-23)18-3-5-19(6-4-18)36-24(25,26)27;1-10-24-15(27-28(10)9-11-6-7-23-14(19)8-11)17-26-25-16(29-17)12-2-4-13(5-3-12)30-18(20,21)22;1-7-4-2-6-3-5-7;3-2(4,5)1(6)7/h3-7,10,13,15H,8-9,11-12,14H2,1-2H3;2-8H,9H2,1H3;6H,2-5H2,1H3;(H,6,7)/p+1. The molecule has 80 heavy (non-hydrogen) atoms. The summed E-state index contributed by atoms with van der Waals surface area (Å²) in [5.41, 5.74) is 2.83. The molecule has 0 spiro atoms. The third kappa shape index (κ3) is 17.9. The van der Waals surface area contributed by atoms with Crippen LogP contribution in [0.3, 0.4) is 0 Å². The SMILES string of the molecule is CN1CCNCC1.Cc1nc(-c2nnc(-c3ccc(OC(F)(F)F)cc3)o2)nn1Cc1cc[nH+]c(N2CCC(C)CC2)c1.Cc1nc(-c2nnc(-c3ccc(OC(F)(F)F)cc3)o2)nn1Cc1ccnc(Cl)c1.O=C(O)C(F)(F)F. The molecular formula is C49H50ClF9N15O6+. The number of benzene rings is 2. The van der Waals surface area contributed by atoms with E-state index in [-0.39, 0.29) is 46.7 Å². The van der Waals surface area contributed by atoms with Crippen LogP contribution >= 0.6 is 11.6 Å². The number of nitrogens with zero attached hydrogens (tertiary/aromatic N) is 13. The maximum Gasteiger partial charge on any atom is 0.573 e. The van der Waals surface area contributed by atoms with Gasteiger partial charge in [-0.1, -0.05) is 18.5 Å². The van der Waals surface area contributed by atoms with Crippen molar-refractivity contribution in [3.8, 4) is 57.8 Å². The molecule has 31 heteroatoms. The van der Waals surface area contributed by atoms with Crippen LogP contribution in [-0.2, 0) is 17.9 Å². The predicted octanol–water partition coefficient (Wildman–Crippen LogP) is 8.75. The summed E-state index contributed by atoms with van der Waals surface area (Å²) in [4.78, 5) is 29.6. The highest BCUT2D eigenvalue weighted by Gasteiger charge is 2.38. The first-order chi connectivity index (χ1) is 37.8. The van der Waals surface area contributed by atoms with Gasteiger partial charge in [-0.15, -0.1) is 56.9 Å². The normalized spacial score (nSPS) is 14.2. The number of ether oxygens (including phenoxy) is 2. The van der Waals surface area contributed by atoms with Gasteiger partial charge in [0, 0.05) is 49.6 Å². The lowest BCUT2D eigenvalue weighted by Gasteiger charge is -2.25. The van der Waals surface area contributed by atoms with Crippen LogP contribution in [0.2, 0.25) is 5.15 Å². The Morgan fingerprint density at radius 3 is 1.56 bits per heavy atom. The van der Waals surface area contributed by atoms with E-state index in [0.29, 0.717) is 41.0 Å². The topological polar surface area (TPSA) is 241 Å². The number of carboxylic acids is 1. The fourth-order valence-electron chi connectivity index (χ4n) is 7.47. The third-order valence-corrected chi connectivity index (χ3v) is 11.8. The van der Waals surface area contributed by atoms with Crippen LogP contribution in [0.25, 0.3) is 46.3 Å². The molecule has 2 aromatic carbocycles. The van der Waals surface area contributed by atoms with Crippen molar-refractivity contribution >= 4 is 23.4 Å². The molecule has 0 aliphatic carbocycles. The number of carboxylic acid groups (broad SMARTS) is 1. The van der Waals surface area contributed by atoms with E-state index in [1.807, 2.05) is 25.3 Å². The highest BCUT2D eigenvalue weighted by molar-refractivity contribution is 6.29. The lowest BCUT2D eigenvalue weighted by molar-refractivity contribution is -0.364. The molecule has 0 saturated carbocycles. The Hall–Kier alpha value is -8.25. The van der Waals surface area contributed by atoms with Gasteiger partial charge in [-0.25, -0.2) is 34.1 Å². The molecule has 21 nitrogen and oxygen atoms in total. The number of aromatic nitrogens is 12. The molecule has 426 valence electrons. The zero-order chi connectivity index (χ0) is 57.8. The van der Waals surface area contributed by atoms with Crippen molar-refractivity contribution in [2.75, 3.05) is 51.2 Å². The summed E-state index contributed by atoms with van der Waals surface area (Å²) in [6, 6.07) is 17.9. The van der Waals surface area contributed by atoms with Crippen LogP contribution in [-0.4, -0.2) is 136 Å². The highest BCUT2D eigenvalue weighted by atomic mass is 35.5. The van der Waals surface area contributed by atoms with E-state index in [1.165, 1.54) is 62.3 Å². The van der Waals surface area contributed by atoms with E-state index in [0.717, 1.165) is 61.2 Å². The smallest absolute Gasteiger partial charge is 0.475 e. The van der Waals surface area contributed by atoms with Crippen LogP contribution in [0, 0.1) is 19.8 Å². The van der Waals surface area contributed by atoms with Crippen molar-refractivity contribution in [1.29, 1.82) is 0 Å². The van der Waals surface area contributed by atoms with Crippen molar-refractivity contribution in [1.82, 2.24) is 65.1 Å². The van der Waals surface area contributed by atoms with E-state index in [1.54, 1.807) is 28.6 Å². The summed E-state index contributed by atoms with van der Waals surface area (Å²) >= 11 is 5.90. The fraction of sp³-hybridized carbons (Fsp3) is 0.367. The van der Waals surface area contributed by atoms with Crippen molar-refractivity contribution in [3.05, 3.63) is 113 Å². The maximum absolute atomic E-state index is 12.4. The lowest BCUT2D eigenvalue weighted by Crippen LogP contribution is -2.40. The number of hydrogen-bond donors (Lipinski definition) is 2. The number of aryl methyl sites for hydroxylation is 2. The fourth-order valence-corrected chi connectivity index (χ4v) is 7.67. The molecule has 0 unspecified atom stereocenters. The number of alkyl halides is 9. The molecule has 3 N–H and O–H groups in total. The van der Waals surface area contributed by atoms with Gasteiger partial charge < -0.3 is 33.6 Å². The van der Waals surface area contributed by atoms with Crippen LogP contribution in [0.15, 0.2) is 94.0 Å². The van der Waals surface area contributed by atoms with Gasteiger partial charge in [-0.3, -0.25) is 4.90 Å². The Balaban J connectivity index is 0.000000188. The second kappa shape index (κ2) is 26.1. The second-order valence-electron chi connectivity index (χ2n) is 17.8. The number of nitrogens with one attached hydrogen (secondary N) is 2. The van der Waals surface area contributed by atoms with Gasteiger partial charge in [-0.2, -0.15) is 13.2 Å². The molecule has 8 aromatic rings. The largest absolute Gasteiger partial charge is 0.573 e. The Kier molecular flexibility index (Phi) is 19.4. The molecule has 0 radical (unpaired) electrons. The summed E-state index contributed by atoms with van der Waals surface area (Å²) in [7, 11) is 2.15. The first kappa shape index (κ1) is 59.4. The van der Waals surface area contributed by atoms with E-state index >= 15 is 0 Å². The molecule has 2 aliphatic heterocycles. The van der Waals surface area contributed by atoms with E-state index in [4.69, 9.17) is 30.3 Å².